The first-order chi connectivity index (χ1) is 9.54. The van der Waals surface area contributed by atoms with Gasteiger partial charge in [-0.25, -0.2) is 0 Å². The van der Waals surface area contributed by atoms with Crippen LogP contribution in [-0.4, -0.2) is 48.4 Å². The van der Waals surface area contributed by atoms with Gasteiger partial charge in [-0.05, 0) is 26.3 Å². The van der Waals surface area contributed by atoms with E-state index in [9.17, 15) is 9.59 Å². The molecule has 2 amide bonds. The summed E-state index contributed by atoms with van der Waals surface area (Å²) in [5.74, 6) is 0.220. The fraction of sp³-hybridized carbons (Fsp3) is 0.867. The molecule has 1 saturated carbocycles. The average molecular weight is 281 g/mol. The Morgan fingerprint density at radius 3 is 2.55 bits per heavy atom. The molecule has 2 fully saturated rings. The third-order valence-electron chi connectivity index (χ3n) is 4.78. The van der Waals surface area contributed by atoms with Gasteiger partial charge in [0, 0.05) is 38.0 Å². The van der Waals surface area contributed by atoms with Crippen molar-refractivity contribution >= 4 is 11.8 Å². The minimum atomic E-state index is -0.0109. The fourth-order valence-corrected chi connectivity index (χ4v) is 3.54. The first kappa shape index (κ1) is 15.3. The van der Waals surface area contributed by atoms with E-state index in [1.807, 2.05) is 11.9 Å². The minimum absolute atomic E-state index is 0.00141. The second-order valence-corrected chi connectivity index (χ2v) is 6.29. The zero-order chi connectivity index (χ0) is 14.6. The zero-order valence-electron chi connectivity index (χ0n) is 12.7. The smallest absolute Gasteiger partial charge is 0.224 e. The number of hydrogen-bond acceptors (Lipinski definition) is 3. The van der Waals surface area contributed by atoms with Crippen LogP contribution >= 0.6 is 0 Å². The third-order valence-corrected chi connectivity index (χ3v) is 4.78. The lowest BCUT2D eigenvalue weighted by molar-refractivity contribution is -0.132. The lowest BCUT2D eigenvalue weighted by atomic mass is 9.79. The maximum Gasteiger partial charge on any atom is 0.224 e. The predicted octanol–water partition coefficient (Wildman–Crippen LogP) is 1.04. The van der Waals surface area contributed by atoms with E-state index < -0.39 is 0 Å². The molecule has 1 aliphatic carbocycles. The van der Waals surface area contributed by atoms with Crippen LogP contribution in [0.2, 0.25) is 0 Å². The first-order valence-corrected chi connectivity index (χ1v) is 7.78. The number of rotatable bonds is 4. The standard InChI is InChI=1S/C15H27N3O2/c1-12(19)17-13-6-9-18(11-13)14(20)10-15(16-2)7-4-3-5-8-15/h13,16H,3-11H2,1-2H3,(H,17,19). The Hall–Kier alpha value is -1.10. The summed E-state index contributed by atoms with van der Waals surface area (Å²) < 4.78 is 0. The van der Waals surface area contributed by atoms with Gasteiger partial charge in [-0.1, -0.05) is 19.3 Å². The normalized spacial score (nSPS) is 25.5. The fourth-order valence-electron chi connectivity index (χ4n) is 3.54. The molecule has 0 aromatic carbocycles. The molecule has 1 heterocycles. The van der Waals surface area contributed by atoms with Crippen LogP contribution in [0.15, 0.2) is 0 Å². The molecule has 5 nitrogen and oxygen atoms in total. The molecule has 1 aliphatic heterocycles. The van der Waals surface area contributed by atoms with Gasteiger partial charge in [0.25, 0.3) is 0 Å². The average Bonchev–Trinajstić information content (AvgIpc) is 2.87. The summed E-state index contributed by atoms with van der Waals surface area (Å²) in [7, 11) is 1.97. The molecule has 20 heavy (non-hydrogen) atoms. The minimum Gasteiger partial charge on any atom is -0.352 e. The largest absolute Gasteiger partial charge is 0.352 e. The Morgan fingerprint density at radius 2 is 1.95 bits per heavy atom. The molecule has 1 saturated heterocycles. The molecule has 2 rings (SSSR count). The van der Waals surface area contributed by atoms with Crippen molar-refractivity contribution in [2.45, 2.75) is 63.5 Å². The molecule has 1 atom stereocenters. The van der Waals surface area contributed by atoms with E-state index in [4.69, 9.17) is 0 Å². The van der Waals surface area contributed by atoms with E-state index in [0.717, 1.165) is 25.8 Å². The van der Waals surface area contributed by atoms with Gasteiger partial charge in [-0.15, -0.1) is 0 Å². The van der Waals surface area contributed by atoms with E-state index in [2.05, 4.69) is 10.6 Å². The van der Waals surface area contributed by atoms with Gasteiger partial charge in [-0.3, -0.25) is 9.59 Å². The molecule has 0 aromatic rings. The van der Waals surface area contributed by atoms with Crippen LogP contribution in [-0.2, 0) is 9.59 Å². The maximum absolute atomic E-state index is 12.5. The quantitative estimate of drug-likeness (QED) is 0.809. The topological polar surface area (TPSA) is 61.4 Å². The van der Waals surface area contributed by atoms with Crippen LogP contribution in [0.4, 0.5) is 0 Å². The van der Waals surface area contributed by atoms with Gasteiger partial charge in [-0.2, -0.15) is 0 Å². The van der Waals surface area contributed by atoms with Gasteiger partial charge in [0.2, 0.25) is 11.8 Å². The highest BCUT2D eigenvalue weighted by Crippen LogP contribution is 2.31. The van der Waals surface area contributed by atoms with Crippen LogP contribution in [0.3, 0.4) is 0 Å². The van der Waals surface area contributed by atoms with E-state index in [1.165, 1.54) is 26.2 Å². The highest BCUT2D eigenvalue weighted by molar-refractivity contribution is 5.78. The predicted molar refractivity (Wildman–Crippen MR) is 78.3 cm³/mol. The van der Waals surface area contributed by atoms with Crippen molar-refractivity contribution in [3.8, 4) is 0 Å². The molecule has 0 spiro atoms. The van der Waals surface area contributed by atoms with Crippen molar-refractivity contribution in [2.24, 2.45) is 0 Å². The van der Waals surface area contributed by atoms with E-state index in [1.54, 1.807) is 0 Å². The zero-order valence-corrected chi connectivity index (χ0v) is 12.7. The third kappa shape index (κ3) is 3.72. The molecule has 0 aromatic heterocycles. The number of nitrogens with zero attached hydrogens (tertiary/aromatic N) is 1. The van der Waals surface area contributed by atoms with Crippen molar-refractivity contribution in [2.75, 3.05) is 20.1 Å². The highest BCUT2D eigenvalue weighted by atomic mass is 16.2. The number of likely N-dealkylation sites (tertiary alicyclic amines) is 1. The van der Waals surface area contributed by atoms with Gasteiger partial charge in [0.1, 0.15) is 0 Å². The summed E-state index contributed by atoms with van der Waals surface area (Å²) in [5.41, 5.74) is 0.00141. The molecule has 1 unspecified atom stereocenters. The Balaban J connectivity index is 1.87. The van der Waals surface area contributed by atoms with Crippen LogP contribution in [0, 0.1) is 0 Å². The van der Waals surface area contributed by atoms with Gasteiger partial charge in [0.05, 0.1) is 0 Å². The lowest BCUT2D eigenvalue weighted by Crippen LogP contribution is -2.49. The maximum atomic E-state index is 12.5. The van der Waals surface area contributed by atoms with Gasteiger partial charge < -0.3 is 15.5 Å². The SMILES string of the molecule is CNC1(CC(=O)N2CCC(NC(C)=O)C2)CCCCC1. The van der Waals surface area contributed by atoms with E-state index in [-0.39, 0.29) is 23.4 Å². The van der Waals surface area contributed by atoms with Gasteiger partial charge >= 0.3 is 0 Å². The first-order valence-electron chi connectivity index (χ1n) is 7.78. The summed E-state index contributed by atoms with van der Waals surface area (Å²) in [4.78, 5) is 25.5. The van der Waals surface area contributed by atoms with Crippen LogP contribution < -0.4 is 10.6 Å². The van der Waals surface area contributed by atoms with Crippen molar-refractivity contribution in [3.05, 3.63) is 0 Å². The Labute approximate surface area is 121 Å². The Kier molecular flexibility index (Phi) is 5.02. The summed E-state index contributed by atoms with van der Waals surface area (Å²) in [6, 6.07) is 0.133. The van der Waals surface area contributed by atoms with Crippen LogP contribution in [0.1, 0.15) is 51.9 Å². The van der Waals surface area contributed by atoms with E-state index in [0.29, 0.717) is 13.0 Å². The van der Waals surface area contributed by atoms with Crippen molar-refractivity contribution in [1.82, 2.24) is 15.5 Å². The Morgan fingerprint density at radius 1 is 1.25 bits per heavy atom. The molecule has 2 aliphatic rings. The van der Waals surface area contributed by atoms with E-state index >= 15 is 0 Å². The molecule has 5 heteroatoms. The van der Waals surface area contributed by atoms with Crippen LogP contribution in [0.25, 0.3) is 0 Å². The van der Waals surface area contributed by atoms with Crippen LogP contribution in [0.5, 0.6) is 0 Å². The number of carbonyl (C=O) groups excluding carboxylic acids is 2. The molecular formula is C15H27N3O2. The van der Waals surface area contributed by atoms with Crippen molar-refractivity contribution in [3.63, 3.8) is 0 Å². The Bertz CT molecular complexity index is 364. The van der Waals surface area contributed by atoms with Crippen molar-refractivity contribution < 1.29 is 9.59 Å². The molecular weight excluding hydrogens is 254 g/mol. The van der Waals surface area contributed by atoms with Crippen molar-refractivity contribution in [1.29, 1.82) is 0 Å². The number of nitrogens with one attached hydrogen (secondary N) is 2. The highest BCUT2D eigenvalue weighted by Gasteiger charge is 2.36. The number of amides is 2. The number of carbonyl (C=O) groups is 2. The lowest BCUT2D eigenvalue weighted by Gasteiger charge is -2.37. The monoisotopic (exact) mass is 281 g/mol. The summed E-state index contributed by atoms with van der Waals surface area (Å²) in [6.07, 6.45) is 7.36. The molecule has 114 valence electrons. The second-order valence-electron chi connectivity index (χ2n) is 6.29. The molecule has 0 radical (unpaired) electrons. The summed E-state index contributed by atoms with van der Waals surface area (Å²) in [6.45, 7) is 2.96. The second kappa shape index (κ2) is 6.57. The molecule has 2 N–H and O–H groups in total. The number of hydrogen-bond donors (Lipinski definition) is 2. The summed E-state index contributed by atoms with van der Waals surface area (Å²) >= 11 is 0. The van der Waals surface area contributed by atoms with Gasteiger partial charge in [0.15, 0.2) is 0 Å². The molecule has 0 bridgehead atoms. The summed E-state index contributed by atoms with van der Waals surface area (Å²) in [5, 5.41) is 6.30.